The van der Waals surface area contributed by atoms with E-state index in [1.165, 1.54) is 64.2 Å². The zero-order valence-corrected chi connectivity index (χ0v) is 15.4. The van der Waals surface area contributed by atoms with Gasteiger partial charge in [-0.2, -0.15) is 0 Å². The second kappa shape index (κ2) is 14.7. The third kappa shape index (κ3) is 11.3. The summed E-state index contributed by atoms with van der Waals surface area (Å²) in [4.78, 5) is 11.7. The van der Waals surface area contributed by atoms with Crippen LogP contribution in [0.15, 0.2) is 24.3 Å². The highest BCUT2D eigenvalue weighted by molar-refractivity contribution is 5.81. The van der Waals surface area contributed by atoms with Gasteiger partial charge in [-0.25, -0.2) is 0 Å². The van der Waals surface area contributed by atoms with Crippen LogP contribution in [0, 0.1) is 5.92 Å². The summed E-state index contributed by atoms with van der Waals surface area (Å²) < 4.78 is 0. The average Bonchev–Trinajstić information content (AvgIpc) is 2.49. The average molecular weight is 319 g/mol. The van der Waals surface area contributed by atoms with Crippen LogP contribution in [-0.2, 0) is 4.79 Å². The molecule has 0 bridgehead atoms. The summed E-state index contributed by atoms with van der Waals surface area (Å²) in [7, 11) is 0. The fourth-order valence-corrected chi connectivity index (χ4v) is 3.00. The first kappa shape index (κ1) is 20.2. The molecule has 132 valence electrons. The molecule has 0 aliphatic heterocycles. The van der Waals surface area contributed by atoms with Crippen molar-refractivity contribution in [3.05, 3.63) is 24.3 Å². The van der Waals surface area contributed by atoms with Crippen LogP contribution < -0.4 is 0 Å². The monoisotopic (exact) mass is 318 g/mol. The molecule has 1 heteroatoms. The first-order valence-electron chi connectivity index (χ1n) is 10.2. The molecule has 0 aromatic rings. The molecular formula is C22H38O. The van der Waals surface area contributed by atoms with E-state index in [2.05, 4.69) is 31.2 Å². The summed E-state index contributed by atoms with van der Waals surface area (Å²) >= 11 is 0. The van der Waals surface area contributed by atoms with Crippen molar-refractivity contribution in [2.75, 3.05) is 0 Å². The van der Waals surface area contributed by atoms with Crippen molar-refractivity contribution in [2.45, 2.75) is 103 Å². The highest BCUT2D eigenvalue weighted by Crippen LogP contribution is 2.28. The Kier molecular flexibility index (Phi) is 12.9. The lowest BCUT2D eigenvalue weighted by molar-refractivity contribution is -0.125. The first-order valence-corrected chi connectivity index (χ1v) is 10.2. The van der Waals surface area contributed by atoms with E-state index >= 15 is 0 Å². The second-order valence-corrected chi connectivity index (χ2v) is 7.06. The Labute approximate surface area is 144 Å². The molecule has 1 saturated carbocycles. The minimum Gasteiger partial charge on any atom is -0.299 e. The molecule has 0 aromatic carbocycles. The van der Waals surface area contributed by atoms with Crippen LogP contribution in [0.25, 0.3) is 0 Å². The number of carbonyl (C=O) groups is 1. The van der Waals surface area contributed by atoms with Crippen molar-refractivity contribution < 1.29 is 4.79 Å². The fourth-order valence-electron chi connectivity index (χ4n) is 3.00. The molecule has 0 spiro atoms. The lowest BCUT2D eigenvalue weighted by Crippen LogP contribution is -2.21. The highest BCUT2D eigenvalue weighted by Gasteiger charge is 2.23. The van der Waals surface area contributed by atoms with E-state index in [-0.39, 0.29) is 0 Å². The molecule has 1 rings (SSSR count). The number of ketones is 1. The number of unbranched alkanes of at least 4 members (excludes halogenated alkanes) is 8. The number of rotatable bonds is 15. The Balaban J connectivity index is 1.79. The summed E-state index contributed by atoms with van der Waals surface area (Å²) in [6, 6.07) is 0. The molecule has 1 aliphatic rings. The normalized spacial score (nSPS) is 15.5. The van der Waals surface area contributed by atoms with Gasteiger partial charge in [-0.1, -0.05) is 50.5 Å². The molecule has 0 heterocycles. The molecule has 1 nitrogen and oxygen atoms in total. The molecule has 0 unspecified atom stereocenters. The van der Waals surface area contributed by atoms with Gasteiger partial charge in [0.1, 0.15) is 5.78 Å². The van der Waals surface area contributed by atoms with E-state index in [1.54, 1.807) is 0 Å². The molecule has 0 N–H and O–H groups in total. The molecule has 0 saturated heterocycles. The van der Waals surface area contributed by atoms with Gasteiger partial charge >= 0.3 is 0 Å². The summed E-state index contributed by atoms with van der Waals surface area (Å²) in [6.45, 7) is 2.26. The van der Waals surface area contributed by atoms with Crippen molar-refractivity contribution in [1.82, 2.24) is 0 Å². The van der Waals surface area contributed by atoms with Crippen LogP contribution in [0.2, 0.25) is 0 Å². The van der Waals surface area contributed by atoms with Gasteiger partial charge in [0.25, 0.3) is 0 Å². The number of allylic oxidation sites excluding steroid dienone is 4. The quantitative estimate of drug-likeness (QED) is 0.231. The van der Waals surface area contributed by atoms with Gasteiger partial charge in [-0.3, -0.25) is 4.79 Å². The van der Waals surface area contributed by atoms with Gasteiger partial charge in [0, 0.05) is 12.3 Å². The molecule has 1 aliphatic carbocycles. The fraction of sp³-hybridized carbons (Fsp3) is 0.773. The van der Waals surface area contributed by atoms with Gasteiger partial charge in [0.2, 0.25) is 0 Å². The Morgan fingerprint density at radius 1 is 0.783 bits per heavy atom. The van der Waals surface area contributed by atoms with E-state index in [9.17, 15) is 4.79 Å². The van der Waals surface area contributed by atoms with Crippen LogP contribution in [0.4, 0.5) is 0 Å². The third-order valence-electron chi connectivity index (χ3n) is 4.90. The maximum Gasteiger partial charge on any atom is 0.135 e. The molecular weight excluding hydrogens is 280 g/mol. The maximum atomic E-state index is 11.7. The minimum atomic E-state index is 0.436. The molecule has 1 fully saturated rings. The van der Waals surface area contributed by atoms with Gasteiger partial charge in [-0.15, -0.1) is 0 Å². The van der Waals surface area contributed by atoms with Crippen molar-refractivity contribution in [3.8, 4) is 0 Å². The zero-order chi connectivity index (χ0) is 16.6. The molecule has 0 radical (unpaired) electrons. The van der Waals surface area contributed by atoms with E-state index in [0.29, 0.717) is 11.7 Å². The van der Waals surface area contributed by atoms with Crippen molar-refractivity contribution >= 4 is 5.78 Å². The topological polar surface area (TPSA) is 17.1 Å². The number of hydrogen-bond donors (Lipinski definition) is 0. The lowest BCUT2D eigenvalue weighted by atomic mass is 9.81. The molecule has 0 amide bonds. The Bertz CT molecular complexity index is 336. The highest BCUT2D eigenvalue weighted by atomic mass is 16.1. The van der Waals surface area contributed by atoms with E-state index < -0.39 is 0 Å². The maximum absolute atomic E-state index is 11.7. The van der Waals surface area contributed by atoms with Crippen LogP contribution in [0.1, 0.15) is 103 Å². The zero-order valence-electron chi connectivity index (χ0n) is 15.4. The second-order valence-electron chi connectivity index (χ2n) is 7.06. The van der Waals surface area contributed by atoms with Gasteiger partial charge in [-0.05, 0) is 70.6 Å². The van der Waals surface area contributed by atoms with Crippen LogP contribution in [0.5, 0.6) is 0 Å². The SMILES string of the molecule is CCCCC/C=C\CCCC/C=C\CCCCC(=O)C1CCC1. The predicted molar refractivity (Wildman–Crippen MR) is 102 cm³/mol. The number of hydrogen-bond acceptors (Lipinski definition) is 1. The van der Waals surface area contributed by atoms with Gasteiger partial charge < -0.3 is 0 Å². The lowest BCUT2D eigenvalue weighted by Gasteiger charge is -2.23. The van der Waals surface area contributed by atoms with E-state index in [1.807, 2.05) is 0 Å². The summed E-state index contributed by atoms with van der Waals surface area (Å²) in [5, 5.41) is 0. The summed E-state index contributed by atoms with van der Waals surface area (Å²) in [5.41, 5.74) is 0. The molecule has 23 heavy (non-hydrogen) atoms. The van der Waals surface area contributed by atoms with Crippen LogP contribution >= 0.6 is 0 Å². The van der Waals surface area contributed by atoms with Crippen LogP contribution in [0.3, 0.4) is 0 Å². The number of carbonyl (C=O) groups excluding carboxylic acids is 1. The van der Waals surface area contributed by atoms with Crippen molar-refractivity contribution in [1.29, 1.82) is 0 Å². The Hall–Kier alpha value is -0.850. The van der Waals surface area contributed by atoms with Crippen LogP contribution in [-0.4, -0.2) is 5.78 Å². The smallest absolute Gasteiger partial charge is 0.135 e. The Morgan fingerprint density at radius 3 is 1.70 bits per heavy atom. The van der Waals surface area contributed by atoms with Gasteiger partial charge in [0.05, 0.1) is 0 Å². The predicted octanol–water partition coefficient (Wildman–Crippen LogP) is 7.17. The molecule has 0 aromatic heterocycles. The van der Waals surface area contributed by atoms with E-state index in [0.717, 1.165) is 32.1 Å². The summed E-state index contributed by atoms with van der Waals surface area (Å²) in [6.07, 6.45) is 27.5. The molecule has 0 atom stereocenters. The Morgan fingerprint density at radius 2 is 1.26 bits per heavy atom. The number of Topliss-reactive ketones (excluding diaryl/α,β-unsaturated/α-hetero) is 1. The van der Waals surface area contributed by atoms with Crippen molar-refractivity contribution in [2.24, 2.45) is 5.92 Å². The standard InChI is InChI=1S/C22H38O/c1-2-3-4-5-6-7-8-9-10-11-12-13-14-15-16-20-22(23)21-18-17-19-21/h6-7,12-13,21H,2-5,8-11,14-20H2,1H3/b7-6-,13-12-. The summed E-state index contributed by atoms with van der Waals surface area (Å²) in [5.74, 6) is 0.967. The van der Waals surface area contributed by atoms with Gasteiger partial charge in [0.15, 0.2) is 0 Å². The largest absolute Gasteiger partial charge is 0.299 e. The van der Waals surface area contributed by atoms with E-state index in [4.69, 9.17) is 0 Å². The third-order valence-corrected chi connectivity index (χ3v) is 4.90. The minimum absolute atomic E-state index is 0.436. The first-order chi connectivity index (χ1) is 11.3. The van der Waals surface area contributed by atoms with Crippen molar-refractivity contribution in [3.63, 3.8) is 0 Å².